The minimum Gasteiger partial charge on any atom is -0.478 e. The number of amidine groups is 1. The molecule has 15 heteroatoms. The number of amides is 2. The molecule has 2 saturated heterocycles. The van der Waals surface area contributed by atoms with Crippen LogP contribution in [-0.4, -0.2) is 89.6 Å². The number of hydrogen-bond acceptors (Lipinski definition) is 9. The first-order chi connectivity index (χ1) is 21.1. The average Bonchev–Trinajstić information content (AvgIpc) is 3.65. The molecule has 1 aromatic heterocycles. The van der Waals surface area contributed by atoms with Crippen LogP contribution in [0.5, 0.6) is 0 Å². The van der Waals surface area contributed by atoms with Gasteiger partial charge < -0.3 is 20.1 Å². The fourth-order valence-corrected chi connectivity index (χ4v) is 6.53. The van der Waals surface area contributed by atoms with Crippen molar-refractivity contribution in [1.29, 1.82) is 0 Å². The van der Waals surface area contributed by atoms with Crippen LogP contribution >= 0.6 is 22.9 Å². The van der Waals surface area contributed by atoms with Crippen LogP contribution in [0.4, 0.5) is 19.3 Å². The first-order valence-corrected chi connectivity index (χ1v) is 14.7. The van der Waals surface area contributed by atoms with Crippen LogP contribution in [0.3, 0.4) is 0 Å². The number of carboxylic acid groups (broad SMARTS) is 1. The maximum absolute atomic E-state index is 14.4. The van der Waals surface area contributed by atoms with Gasteiger partial charge in [0.25, 0.3) is 0 Å². The summed E-state index contributed by atoms with van der Waals surface area (Å²) in [7, 11) is 1.26. The lowest BCUT2D eigenvalue weighted by Gasteiger charge is -2.38. The van der Waals surface area contributed by atoms with Gasteiger partial charge in [-0.2, -0.15) is 0 Å². The zero-order valence-electron chi connectivity index (χ0n) is 23.2. The van der Waals surface area contributed by atoms with Gasteiger partial charge in [0, 0.05) is 66.3 Å². The number of nitrogens with one attached hydrogen (secondary N) is 1. The number of fused-ring (bicyclic) bond motifs is 1. The summed E-state index contributed by atoms with van der Waals surface area (Å²) in [6, 6.07) is 6.06. The first kappa shape index (κ1) is 29.7. The lowest BCUT2D eigenvalue weighted by molar-refractivity contribution is -0.136. The maximum Gasteiger partial charge on any atom is 0.338 e. The Balaban J connectivity index is 1.29. The number of nitrogens with zero attached hydrogens (tertiary/aromatic N) is 5. The number of urea groups is 1. The highest BCUT2D eigenvalue weighted by atomic mass is 35.5. The monoisotopic (exact) mass is 642 g/mol. The Morgan fingerprint density at radius 2 is 2.00 bits per heavy atom. The molecule has 3 aliphatic rings. The standard InChI is InChI=1S/C29H25ClF2N6O5S/c1-43-28(41)23-22(34-25(26-33-6-9-44-26)35-24(23)18-4-2-15(31)10-20(18)30)14-36-7-8-37-17(12-36)13-38(29(37)42)16-3-5-19(27(39)40)21(32)11-16/h2-6,9-11,17,24H,7-8,12-14H2,1H3,(H,34,35)(H,39,40)/t17-,24-/m0/s1. The largest absolute Gasteiger partial charge is 0.478 e. The number of esters is 1. The van der Waals surface area contributed by atoms with Crippen molar-refractivity contribution in [2.45, 2.75) is 12.1 Å². The molecule has 4 heterocycles. The van der Waals surface area contributed by atoms with E-state index < -0.39 is 35.2 Å². The Kier molecular flexibility index (Phi) is 8.05. The Morgan fingerprint density at radius 3 is 2.68 bits per heavy atom. The number of rotatable bonds is 7. The molecule has 2 fully saturated rings. The number of anilines is 1. The number of benzene rings is 2. The summed E-state index contributed by atoms with van der Waals surface area (Å²) in [6.45, 7) is 1.79. The highest BCUT2D eigenvalue weighted by Gasteiger charge is 2.42. The van der Waals surface area contributed by atoms with E-state index in [0.29, 0.717) is 41.7 Å². The lowest BCUT2D eigenvalue weighted by Crippen LogP contribution is -2.53. The number of methoxy groups -OCH3 is 1. The van der Waals surface area contributed by atoms with Crippen LogP contribution in [0.1, 0.15) is 27.0 Å². The molecule has 2 N–H and O–H groups in total. The van der Waals surface area contributed by atoms with Gasteiger partial charge in [0.15, 0.2) is 10.8 Å². The van der Waals surface area contributed by atoms with Gasteiger partial charge in [0.2, 0.25) is 0 Å². The van der Waals surface area contributed by atoms with Crippen molar-refractivity contribution in [2.24, 2.45) is 4.99 Å². The van der Waals surface area contributed by atoms with Crippen LogP contribution in [0.25, 0.3) is 0 Å². The fourth-order valence-electron chi connectivity index (χ4n) is 5.67. The predicted molar refractivity (Wildman–Crippen MR) is 158 cm³/mol. The number of ether oxygens (including phenoxy) is 1. The third-order valence-electron chi connectivity index (χ3n) is 7.74. The van der Waals surface area contributed by atoms with Crippen molar-refractivity contribution in [2.75, 3.05) is 44.7 Å². The topological polar surface area (TPSA) is 128 Å². The highest BCUT2D eigenvalue weighted by molar-refractivity contribution is 7.11. The maximum atomic E-state index is 14.4. The number of carboxylic acids is 1. The van der Waals surface area contributed by atoms with Gasteiger partial charge in [-0.1, -0.05) is 17.7 Å². The molecule has 0 bridgehead atoms. The molecule has 0 radical (unpaired) electrons. The average molecular weight is 643 g/mol. The molecule has 2 amide bonds. The Bertz CT molecular complexity index is 1720. The van der Waals surface area contributed by atoms with E-state index in [1.54, 1.807) is 16.5 Å². The third kappa shape index (κ3) is 5.51. The zero-order chi connectivity index (χ0) is 31.1. The van der Waals surface area contributed by atoms with Gasteiger partial charge in [-0.05, 0) is 30.3 Å². The molecule has 2 aromatic carbocycles. The number of hydrogen-bond donors (Lipinski definition) is 2. The van der Waals surface area contributed by atoms with Crippen molar-refractivity contribution in [3.05, 3.63) is 92.0 Å². The van der Waals surface area contributed by atoms with Crippen molar-refractivity contribution < 1.29 is 33.0 Å². The smallest absolute Gasteiger partial charge is 0.338 e. The van der Waals surface area contributed by atoms with E-state index in [0.717, 1.165) is 18.2 Å². The summed E-state index contributed by atoms with van der Waals surface area (Å²) in [5.41, 5.74) is 0.932. The molecule has 228 valence electrons. The number of carbonyl (C=O) groups is 3. The molecular formula is C29H25ClF2N6O5S. The molecule has 0 spiro atoms. The van der Waals surface area contributed by atoms with Gasteiger partial charge in [-0.25, -0.2) is 28.1 Å². The lowest BCUT2D eigenvalue weighted by atomic mass is 9.95. The van der Waals surface area contributed by atoms with E-state index in [9.17, 15) is 23.2 Å². The summed E-state index contributed by atoms with van der Waals surface area (Å²) in [6.07, 6.45) is 1.63. The molecular weight excluding hydrogens is 618 g/mol. The molecule has 3 aromatic rings. The van der Waals surface area contributed by atoms with Crippen LogP contribution < -0.4 is 10.2 Å². The minimum atomic E-state index is -1.39. The van der Waals surface area contributed by atoms with Crippen molar-refractivity contribution in [3.63, 3.8) is 0 Å². The van der Waals surface area contributed by atoms with E-state index >= 15 is 0 Å². The van der Waals surface area contributed by atoms with Crippen LogP contribution in [0.2, 0.25) is 5.02 Å². The Labute approximate surface area is 259 Å². The normalized spacial score (nSPS) is 20.4. The molecule has 3 aliphatic heterocycles. The Hall–Kier alpha value is -4.40. The highest BCUT2D eigenvalue weighted by Crippen LogP contribution is 2.37. The van der Waals surface area contributed by atoms with E-state index in [1.165, 1.54) is 41.5 Å². The van der Waals surface area contributed by atoms with Gasteiger partial charge >= 0.3 is 18.0 Å². The van der Waals surface area contributed by atoms with Gasteiger partial charge in [0.05, 0.1) is 24.3 Å². The minimum absolute atomic E-state index is 0.103. The summed E-state index contributed by atoms with van der Waals surface area (Å²) in [4.78, 5) is 52.0. The summed E-state index contributed by atoms with van der Waals surface area (Å²) in [5, 5.41) is 14.9. The number of aromatic nitrogens is 1. The van der Waals surface area contributed by atoms with Crippen molar-refractivity contribution in [1.82, 2.24) is 20.1 Å². The van der Waals surface area contributed by atoms with Crippen molar-refractivity contribution in [3.8, 4) is 0 Å². The van der Waals surface area contributed by atoms with Gasteiger partial charge in [0.1, 0.15) is 17.7 Å². The van der Waals surface area contributed by atoms with Crippen LogP contribution in [-0.2, 0) is 9.53 Å². The second-order valence-corrected chi connectivity index (χ2v) is 11.6. The van der Waals surface area contributed by atoms with Crippen LogP contribution in [0.15, 0.2) is 64.2 Å². The summed E-state index contributed by atoms with van der Waals surface area (Å²) in [5.74, 6) is -3.06. The number of piperazine rings is 1. The van der Waals surface area contributed by atoms with Gasteiger partial charge in [-0.15, -0.1) is 11.3 Å². The SMILES string of the molecule is COC(=O)C1=C(CN2CCN3C(=O)N(c4ccc(C(=O)O)c(F)c4)C[C@@H]3C2)NC(c2nccs2)=N[C@H]1c1ccc(F)cc1Cl. The van der Waals surface area contributed by atoms with E-state index in [1.807, 2.05) is 0 Å². The van der Waals surface area contributed by atoms with Crippen molar-refractivity contribution >= 4 is 52.4 Å². The second-order valence-electron chi connectivity index (χ2n) is 10.3. The fraction of sp³-hybridized carbons (Fsp3) is 0.276. The predicted octanol–water partition coefficient (Wildman–Crippen LogP) is 3.92. The molecule has 0 aliphatic carbocycles. The van der Waals surface area contributed by atoms with Gasteiger partial charge in [-0.3, -0.25) is 14.8 Å². The number of aliphatic imine (C=N–C) groups is 1. The van der Waals surface area contributed by atoms with E-state index in [2.05, 4.69) is 15.2 Å². The molecule has 0 saturated carbocycles. The van der Waals surface area contributed by atoms with E-state index in [-0.39, 0.29) is 41.4 Å². The molecule has 11 nitrogen and oxygen atoms in total. The third-order valence-corrected chi connectivity index (χ3v) is 8.84. The first-order valence-electron chi connectivity index (χ1n) is 13.5. The molecule has 0 unspecified atom stereocenters. The molecule has 44 heavy (non-hydrogen) atoms. The quantitative estimate of drug-likeness (QED) is 0.372. The molecule has 6 rings (SSSR count). The number of aromatic carboxylic acids is 1. The number of halogens is 3. The van der Waals surface area contributed by atoms with Crippen LogP contribution in [0, 0.1) is 11.6 Å². The zero-order valence-corrected chi connectivity index (χ0v) is 24.7. The summed E-state index contributed by atoms with van der Waals surface area (Å²) >= 11 is 7.79. The summed E-state index contributed by atoms with van der Waals surface area (Å²) < 4.78 is 33.5. The molecule has 2 atom stereocenters. The Morgan fingerprint density at radius 1 is 1.18 bits per heavy atom. The number of thiazole rings is 1. The second kappa shape index (κ2) is 11.9. The number of carbonyl (C=O) groups excluding carboxylic acids is 2. The van der Waals surface area contributed by atoms with E-state index in [4.69, 9.17) is 26.4 Å².